The summed E-state index contributed by atoms with van der Waals surface area (Å²) in [4.78, 5) is 30.3. The zero-order valence-corrected chi connectivity index (χ0v) is 15.5. The highest BCUT2D eigenvalue weighted by atomic mass is 16.5. The topological polar surface area (TPSA) is 53.1 Å². The van der Waals surface area contributed by atoms with Crippen LogP contribution in [0.1, 0.15) is 25.8 Å². The number of benzene rings is 1. The van der Waals surface area contributed by atoms with Gasteiger partial charge in [0.2, 0.25) is 5.91 Å². The second kappa shape index (κ2) is 9.30. The van der Waals surface area contributed by atoms with E-state index in [4.69, 9.17) is 4.74 Å². The van der Waals surface area contributed by atoms with Crippen molar-refractivity contribution in [2.24, 2.45) is 0 Å². The number of ether oxygens (including phenoxy) is 1. The maximum Gasteiger partial charge on any atom is 0.320 e. The second-order valence-corrected chi connectivity index (χ2v) is 6.17. The normalized spacial score (nSPS) is 14.4. The minimum absolute atomic E-state index is 0.0773. The lowest BCUT2D eigenvalue weighted by Crippen LogP contribution is -2.54. The summed E-state index contributed by atoms with van der Waals surface area (Å²) >= 11 is 0. The molecule has 0 atom stereocenters. The third-order valence-electron chi connectivity index (χ3n) is 4.70. The van der Waals surface area contributed by atoms with Gasteiger partial charge in [0.15, 0.2) is 0 Å². The molecular formula is C19H29N3O3. The second-order valence-electron chi connectivity index (χ2n) is 6.17. The number of urea groups is 1. The van der Waals surface area contributed by atoms with E-state index in [2.05, 4.69) is 0 Å². The van der Waals surface area contributed by atoms with Gasteiger partial charge in [-0.1, -0.05) is 12.1 Å². The molecule has 0 N–H and O–H groups in total. The first-order valence-electron chi connectivity index (χ1n) is 9.03. The van der Waals surface area contributed by atoms with Crippen molar-refractivity contribution in [1.82, 2.24) is 14.7 Å². The number of hydrogen-bond donors (Lipinski definition) is 0. The molecule has 1 heterocycles. The molecule has 0 unspecified atom stereocenters. The highest BCUT2D eigenvalue weighted by molar-refractivity contribution is 5.78. The van der Waals surface area contributed by atoms with Crippen LogP contribution in [0.5, 0.6) is 5.75 Å². The highest BCUT2D eigenvalue weighted by Gasteiger charge is 2.25. The van der Waals surface area contributed by atoms with E-state index in [0.29, 0.717) is 39.0 Å². The first kappa shape index (κ1) is 19.1. The molecule has 1 fully saturated rings. The number of amides is 3. The van der Waals surface area contributed by atoms with Gasteiger partial charge < -0.3 is 19.4 Å². The van der Waals surface area contributed by atoms with Crippen LogP contribution in [0.15, 0.2) is 24.3 Å². The van der Waals surface area contributed by atoms with Crippen LogP contribution in [0.3, 0.4) is 0 Å². The van der Waals surface area contributed by atoms with Gasteiger partial charge in [-0.2, -0.15) is 0 Å². The molecule has 2 rings (SSSR count). The van der Waals surface area contributed by atoms with Gasteiger partial charge in [-0.25, -0.2) is 4.79 Å². The maximum absolute atomic E-state index is 12.4. The Morgan fingerprint density at radius 2 is 1.72 bits per heavy atom. The van der Waals surface area contributed by atoms with Crippen molar-refractivity contribution < 1.29 is 14.3 Å². The molecule has 0 aliphatic carbocycles. The summed E-state index contributed by atoms with van der Waals surface area (Å²) in [6.45, 7) is 7.86. The van der Waals surface area contributed by atoms with Gasteiger partial charge in [-0.3, -0.25) is 4.79 Å². The van der Waals surface area contributed by atoms with Crippen LogP contribution in [-0.4, -0.2) is 73.0 Å². The lowest BCUT2D eigenvalue weighted by molar-refractivity contribution is -0.132. The van der Waals surface area contributed by atoms with E-state index in [0.717, 1.165) is 24.4 Å². The van der Waals surface area contributed by atoms with E-state index in [1.54, 1.807) is 7.11 Å². The Morgan fingerprint density at radius 3 is 2.32 bits per heavy atom. The summed E-state index contributed by atoms with van der Waals surface area (Å²) < 4.78 is 5.21. The van der Waals surface area contributed by atoms with Crippen LogP contribution in [0.2, 0.25) is 0 Å². The van der Waals surface area contributed by atoms with Crippen molar-refractivity contribution in [3.63, 3.8) is 0 Å². The number of carbonyl (C=O) groups is 2. The Bertz CT molecular complexity index is 579. The van der Waals surface area contributed by atoms with Crippen LogP contribution in [0.25, 0.3) is 0 Å². The van der Waals surface area contributed by atoms with Gasteiger partial charge >= 0.3 is 6.03 Å². The molecule has 3 amide bonds. The Balaban J connectivity index is 1.80. The molecule has 138 valence electrons. The summed E-state index contributed by atoms with van der Waals surface area (Å²) in [5.74, 6) is 0.964. The van der Waals surface area contributed by atoms with Crippen LogP contribution in [-0.2, 0) is 11.2 Å². The standard InChI is InChI=1S/C19H29N3O3/c1-4-20(5-2)19(24)22-13-11-21(12-14-22)18(23)10-9-16-7-6-8-17(15-16)25-3/h6-8,15H,4-5,9-14H2,1-3H3. The van der Waals surface area contributed by atoms with E-state index in [1.807, 2.05) is 52.8 Å². The molecule has 25 heavy (non-hydrogen) atoms. The Kier molecular flexibility index (Phi) is 7.10. The summed E-state index contributed by atoms with van der Waals surface area (Å²) in [6.07, 6.45) is 1.19. The van der Waals surface area contributed by atoms with Crippen molar-refractivity contribution in [3.8, 4) is 5.75 Å². The third kappa shape index (κ3) is 5.11. The lowest BCUT2D eigenvalue weighted by atomic mass is 10.1. The fraction of sp³-hybridized carbons (Fsp3) is 0.579. The maximum atomic E-state index is 12.4. The van der Waals surface area contributed by atoms with Gasteiger partial charge in [-0.15, -0.1) is 0 Å². The molecule has 1 saturated heterocycles. The van der Waals surface area contributed by atoms with Crippen molar-refractivity contribution in [3.05, 3.63) is 29.8 Å². The molecule has 6 heteroatoms. The fourth-order valence-electron chi connectivity index (χ4n) is 3.08. The molecule has 1 aromatic carbocycles. The molecule has 0 saturated carbocycles. The van der Waals surface area contributed by atoms with E-state index >= 15 is 0 Å². The van der Waals surface area contributed by atoms with Crippen molar-refractivity contribution in [1.29, 1.82) is 0 Å². The molecule has 0 bridgehead atoms. The molecule has 1 aliphatic heterocycles. The molecular weight excluding hydrogens is 318 g/mol. The highest BCUT2D eigenvalue weighted by Crippen LogP contribution is 2.15. The molecule has 0 spiro atoms. The molecule has 1 aromatic rings. The number of nitrogens with zero attached hydrogens (tertiary/aromatic N) is 3. The first-order chi connectivity index (χ1) is 12.1. The van der Waals surface area contributed by atoms with Crippen LogP contribution in [0, 0.1) is 0 Å². The van der Waals surface area contributed by atoms with E-state index < -0.39 is 0 Å². The SMILES string of the molecule is CCN(CC)C(=O)N1CCN(C(=O)CCc2cccc(OC)c2)CC1. The number of aryl methyl sites for hydroxylation is 1. The van der Waals surface area contributed by atoms with E-state index in [9.17, 15) is 9.59 Å². The van der Waals surface area contributed by atoms with Gasteiger partial charge in [0.1, 0.15) is 5.75 Å². The van der Waals surface area contributed by atoms with Gasteiger partial charge in [0.25, 0.3) is 0 Å². The third-order valence-corrected chi connectivity index (χ3v) is 4.70. The monoisotopic (exact) mass is 347 g/mol. The number of hydrogen-bond acceptors (Lipinski definition) is 3. The summed E-state index contributed by atoms with van der Waals surface area (Å²) in [7, 11) is 1.64. The molecule has 6 nitrogen and oxygen atoms in total. The predicted octanol–water partition coefficient (Wildman–Crippen LogP) is 2.23. The first-order valence-corrected chi connectivity index (χ1v) is 9.03. The van der Waals surface area contributed by atoms with Crippen molar-refractivity contribution in [2.75, 3.05) is 46.4 Å². The largest absolute Gasteiger partial charge is 0.497 e. The number of methoxy groups -OCH3 is 1. The average Bonchev–Trinajstić information content (AvgIpc) is 2.67. The van der Waals surface area contributed by atoms with E-state index in [1.165, 1.54) is 0 Å². The molecule has 1 aliphatic rings. The summed E-state index contributed by atoms with van der Waals surface area (Å²) in [5, 5.41) is 0. The minimum Gasteiger partial charge on any atom is -0.497 e. The average molecular weight is 347 g/mol. The smallest absolute Gasteiger partial charge is 0.320 e. The minimum atomic E-state index is 0.0773. The van der Waals surface area contributed by atoms with Crippen molar-refractivity contribution >= 4 is 11.9 Å². The van der Waals surface area contributed by atoms with Crippen molar-refractivity contribution in [2.45, 2.75) is 26.7 Å². The van der Waals surface area contributed by atoms with Crippen LogP contribution >= 0.6 is 0 Å². The van der Waals surface area contributed by atoms with Crippen LogP contribution in [0.4, 0.5) is 4.79 Å². The lowest BCUT2D eigenvalue weighted by Gasteiger charge is -2.37. The number of carbonyl (C=O) groups excluding carboxylic acids is 2. The number of rotatable bonds is 6. The van der Waals surface area contributed by atoms with Gasteiger partial charge in [0, 0.05) is 45.7 Å². The van der Waals surface area contributed by atoms with Gasteiger partial charge in [0.05, 0.1) is 7.11 Å². The molecule has 0 aromatic heterocycles. The summed E-state index contributed by atoms with van der Waals surface area (Å²) in [6, 6.07) is 7.89. The quantitative estimate of drug-likeness (QED) is 0.793. The van der Waals surface area contributed by atoms with E-state index in [-0.39, 0.29) is 11.9 Å². The Hall–Kier alpha value is -2.24. The zero-order chi connectivity index (χ0) is 18.2. The number of piperazine rings is 1. The van der Waals surface area contributed by atoms with Crippen LogP contribution < -0.4 is 4.74 Å². The Labute approximate surface area is 150 Å². The molecule has 0 radical (unpaired) electrons. The predicted molar refractivity (Wildman–Crippen MR) is 97.8 cm³/mol. The zero-order valence-electron chi connectivity index (χ0n) is 15.5. The Morgan fingerprint density at radius 1 is 1.08 bits per heavy atom. The fourth-order valence-corrected chi connectivity index (χ4v) is 3.08. The summed E-state index contributed by atoms with van der Waals surface area (Å²) in [5.41, 5.74) is 1.10. The van der Waals surface area contributed by atoms with Gasteiger partial charge in [-0.05, 0) is 38.0 Å².